The van der Waals surface area contributed by atoms with Gasteiger partial charge in [0.15, 0.2) is 0 Å². The second-order valence-corrected chi connectivity index (χ2v) is 7.70. The van der Waals surface area contributed by atoms with Gasteiger partial charge in [-0.3, -0.25) is 4.79 Å². The Morgan fingerprint density at radius 3 is 1.84 bits per heavy atom. The molecule has 0 heterocycles. The van der Waals surface area contributed by atoms with E-state index in [4.69, 9.17) is 4.74 Å². The SMILES string of the molecule is COC(=O)C/C(CN(C)c1c(C)cccc1C)=N\N=C(c1ccccc1)c1ccccc1. The van der Waals surface area contributed by atoms with Crippen LogP contribution in [0.1, 0.15) is 28.7 Å². The maximum Gasteiger partial charge on any atom is 0.311 e. The van der Waals surface area contributed by atoms with Gasteiger partial charge >= 0.3 is 5.97 Å². The van der Waals surface area contributed by atoms with Crippen LogP contribution in [0.2, 0.25) is 0 Å². The summed E-state index contributed by atoms with van der Waals surface area (Å²) in [6, 6.07) is 26.1. The number of aryl methyl sites for hydroxylation is 2. The standard InChI is InChI=1S/C27H29N3O2/c1-20-12-11-13-21(2)27(20)30(3)19-24(18-25(31)32-4)28-29-26(22-14-7-5-8-15-22)23-16-9-6-10-17-23/h5-17H,18-19H2,1-4H3/b28-24+. The highest BCUT2D eigenvalue weighted by Crippen LogP contribution is 2.23. The van der Waals surface area contributed by atoms with Gasteiger partial charge in [-0.1, -0.05) is 78.9 Å². The summed E-state index contributed by atoms with van der Waals surface area (Å²) in [5.74, 6) is -0.338. The summed E-state index contributed by atoms with van der Waals surface area (Å²) in [7, 11) is 3.39. The van der Waals surface area contributed by atoms with E-state index in [2.05, 4.69) is 41.1 Å². The molecule has 0 N–H and O–H groups in total. The lowest BCUT2D eigenvalue weighted by atomic mass is 10.0. The molecule has 3 aromatic rings. The minimum Gasteiger partial charge on any atom is -0.469 e. The molecule has 32 heavy (non-hydrogen) atoms. The first-order valence-electron chi connectivity index (χ1n) is 10.6. The Bertz CT molecular complexity index is 1040. The maximum atomic E-state index is 12.1. The van der Waals surface area contributed by atoms with Gasteiger partial charge in [0.1, 0.15) is 5.71 Å². The zero-order valence-corrected chi connectivity index (χ0v) is 19.1. The third kappa shape index (κ3) is 5.91. The molecule has 0 bridgehead atoms. The lowest BCUT2D eigenvalue weighted by molar-refractivity contribution is -0.139. The van der Waals surface area contributed by atoms with Gasteiger partial charge in [0.25, 0.3) is 0 Å². The molecule has 0 saturated heterocycles. The molecule has 5 nitrogen and oxygen atoms in total. The van der Waals surface area contributed by atoms with Crippen molar-refractivity contribution in [3.8, 4) is 0 Å². The Kier molecular flexibility index (Phi) is 7.92. The van der Waals surface area contributed by atoms with Crippen LogP contribution in [0.3, 0.4) is 0 Å². The molecule has 5 heteroatoms. The number of methoxy groups -OCH3 is 1. The second kappa shape index (κ2) is 11.0. The monoisotopic (exact) mass is 427 g/mol. The maximum absolute atomic E-state index is 12.1. The first kappa shape index (κ1) is 22.9. The van der Waals surface area contributed by atoms with Crippen LogP contribution in [0.25, 0.3) is 0 Å². The quantitative estimate of drug-likeness (QED) is 0.282. The number of hydrogen-bond donors (Lipinski definition) is 0. The average Bonchev–Trinajstić information content (AvgIpc) is 2.80. The summed E-state index contributed by atoms with van der Waals surface area (Å²) in [5.41, 5.74) is 6.77. The number of carbonyl (C=O) groups excluding carboxylic acids is 1. The van der Waals surface area contributed by atoms with Crippen molar-refractivity contribution in [2.45, 2.75) is 20.3 Å². The first-order valence-corrected chi connectivity index (χ1v) is 10.6. The molecular formula is C27H29N3O2. The number of benzene rings is 3. The highest BCUT2D eigenvalue weighted by molar-refractivity contribution is 6.13. The van der Waals surface area contributed by atoms with Crippen molar-refractivity contribution in [1.82, 2.24) is 0 Å². The van der Waals surface area contributed by atoms with Crippen LogP contribution >= 0.6 is 0 Å². The average molecular weight is 428 g/mol. The smallest absolute Gasteiger partial charge is 0.311 e. The predicted molar refractivity (Wildman–Crippen MR) is 132 cm³/mol. The Morgan fingerprint density at radius 2 is 1.34 bits per heavy atom. The molecule has 0 saturated carbocycles. The first-order chi connectivity index (χ1) is 15.5. The van der Waals surface area contributed by atoms with Crippen molar-refractivity contribution in [1.29, 1.82) is 0 Å². The highest BCUT2D eigenvalue weighted by atomic mass is 16.5. The molecule has 0 atom stereocenters. The predicted octanol–water partition coefficient (Wildman–Crippen LogP) is 5.20. The van der Waals surface area contributed by atoms with Crippen LogP contribution in [-0.2, 0) is 9.53 Å². The van der Waals surface area contributed by atoms with E-state index in [1.807, 2.05) is 73.8 Å². The van der Waals surface area contributed by atoms with Gasteiger partial charge in [-0.25, -0.2) is 0 Å². The van der Waals surface area contributed by atoms with Gasteiger partial charge < -0.3 is 9.64 Å². The normalized spacial score (nSPS) is 11.1. The van der Waals surface area contributed by atoms with E-state index in [0.717, 1.165) is 22.5 Å². The third-order valence-electron chi connectivity index (χ3n) is 5.20. The van der Waals surface area contributed by atoms with Gasteiger partial charge in [-0.15, -0.1) is 5.10 Å². The van der Waals surface area contributed by atoms with Crippen molar-refractivity contribution in [3.05, 3.63) is 101 Å². The van der Waals surface area contributed by atoms with Gasteiger partial charge in [0, 0.05) is 23.9 Å². The van der Waals surface area contributed by atoms with E-state index in [1.54, 1.807) is 0 Å². The molecule has 0 spiro atoms. The zero-order chi connectivity index (χ0) is 22.9. The summed E-state index contributed by atoms with van der Waals surface area (Å²) >= 11 is 0. The van der Waals surface area contributed by atoms with Crippen molar-refractivity contribution < 1.29 is 9.53 Å². The van der Waals surface area contributed by atoms with E-state index < -0.39 is 0 Å². The number of anilines is 1. The fourth-order valence-corrected chi connectivity index (χ4v) is 3.72. The van der Waals surface area contributed by atoms with E-state index in [0.29, 0.717) is 12.3 Å². The molecule has 0 aliphatic carbocycles. The Morgan fingerprint density at radius 1 is 0.812 bits per heavy atom. The molecule has 0 radical (unpaired) electrons. The van der Waals surface area contributed by atoms with Crippen LogP contribution in [0.15, 0.2) is 89.1 Å². The molecule has 0 aliphatic rings. The molecule has 0 fully saturated rings. The lowest BCUT2D eigenvalue weighted by Gasteiger charge is -2.24. The zero-order valence-electron chi connectivity index (χ0n) is 19.1. The van der Waals surface area contributed by atoms with Crippen LogP contribution in [-0.4, -0.2) is 38.1 Å². The van der Waals surface area contributed by atoms with Crippen molar-refractivity contribution in [3.63, 3.8) is 0 Å². The lowest BCUT2D eigenvalue weighted by Crippen LogP contribution is -2.28. The van der Waals surface area contributed by atoms with E-state index >= 15 is 0 Å². The summed E-state index contributed by atoms with van der Waals surface area (Å²) < 4.78 is 4.90. The summed E-state index contributed by atoms with van der Waals surface area (Å²) in [4.78, 5) is 14.2. The van der Waals surface area contributed by atoms with Crippen LogP contribution in [0.5, 0.6) is 0 Å². The number of ether oxygens (including phenoxy) is 1. The Balaban J connectivity index is 2.00. The van der Waals surface area contributed by atoms with Crippen molar-refractivity contribution >= 4 is 23.1 Å². The van der Waals surface area contributed by atoms with Crippen molar-refractivity contribution in [2.75, 3.05) is 25.6 Å². The molecule has 0 aromatic heterocycles. The minimum atomic E-state index is -0.338. The number of esters is 1. The molecule has 0 amide bonds. The van der Waals surface area contributed by atoms with Crippen molar-refractivity contribution in [2.24, 2.45) is 10.2 Å². The van der Waals surface area contributed by atoms with Gasteiger partial charge in [-0.05, 0) is 25.0 Å². The van der Waals surface area contributed by atoms with E-state index in [1.165, 1.54) is 18.2 Å². The van der Waals surface area contributed by atoms with Gasteiger partial charge in [-0.2, -0.15) is 5.10 Å². The summed E-state index contributed by atoms with van der Waals surface area (Å²) in [6.45, 7) is 4.62. The highest BCUT2D eigenvalue weighted by Gasteiger charge is 2.15. The molecule has 3 aromatic carbocycles. The number of rotatable bonds is 8. The Hall–Kier alpha value is -3.73. The van der Waals surface area contributed by atoms with Crippen LogP contribution < -0.4 is 4.90 Å². The number of carbonyl (C=O) groups is 1. The topological polar surface area (TPSA) is 54.3 Å². The molecule has 3 rings (SSSR count). The second-order valence-electron chi connectivity index (χ2n) is 7.70. The summed E-state index contributed by atoms with van der Waals surface area (Å²) in [5, 5.41) is 9.17. The molecule has 0 unspecified atom stereocenters. The fraction of sp³-hybridized carbons (Fsp3) is 0.222. The van der Waals surface area contributed by atoms with E-state index in [9.17, 15) is 4.79 Å². The summed E-state index contributed by atoms with van der Waals surface area (Å²) in [6.07, 6.45) is 0.0755. The minimum absolute atomic E-state index is 0.0755. The molecule has 164 valence electrons. The fourth-order valence-electron chi connectivity index (χ4n) is 3.72. The van der Waals surface area contributed by atoms with Crippen LogP contribution in [0.4, 0.5) is 5.69 Å². The van der Waals surface area contributed by atoms with E-state index in [-0.39, 0.29) is 12.4 Å². The third-order valence-corrected chi connectivity index (χ3v) is 5.20. The Labute approximate surface area is 190 Å². The van der Waals surface area contributed by atoms with Crippen LogP contribution in [0, 0.1) is 13.8 Å². The molecule has 0 aliphatic heterocycles. The number of hydrogen-bond acceptors (Lipinski definition) is 5. The number of nitrogens with zero attached hydrogens (tertiary/aromatic N) is 3. The van der Waals surface area contributed by atoms with Gasteiger partial charge in [0.2, 0.25) is 0 Å². The van der Waals surface area contributed by atoms with Gasteiger partial charge in [0.05, 0.1) is 25.8 Å². The largest absolute Gasteiger partial charge is 0.469 e. The molecular weight excluding hydrogens is 398 g/mol. The number of para-hydroxylation sites is 1.